The van der Waals surface area contributed by atoms with Crippen LogP contribution in [-0.4, -0.2) is 18.6 Å². The van der Waals surface area contributed by atoms with Gasteiger partial charge in [0.15, 0.2) is 6.61 Å². The maximum Gasteiger partial charge on any atom is 0.408 e. The van der Waals surface area contributed by atoms with Crippen LogP contribution in [0.2, 0.25) is 0 Å². The largest absolute Gasteiger partial charge is 0.443 e. The molecule has 1 saturated heterocycles. The average molecular weight is 277 g/mol. The number of benzene rings is 2. The molecule has 5 heteroatoms. The Morgan fingerprint density at radius 3 is 2.65 bits per heavy atom. The number of carbonyl (C=O) groups is 1. The van der Waals surface area contributed by atoms with Crippen molar-refractivity contribution in [1.29, 1.82) is 0 Å². The summed E-state index contributed by atoms with van der Waals surface area (Å²) in [6.07, 6.45) is -0.814. The van der Waals surface area contributed by atoms with Gasteiger partial charge in [-0.3, -0.25) is 0 Å². The van der Waals surface area contributed by atoms with Crippen molar-refractivity contribution < 1.29 is 18.3 Å². The normalized spacial score (nSPS) is 21.4. The Hall–Kier alpha value is -2.17. The highest BCUT2D eigenvalue weighted by atomic mass is 19.3. The van der Waals surface area contributed by atoms with Crippen molar-refractivity contribution >= 4 is 16.9 Å². The van der Waals surface area contributed by atoms with E-state index in [4.69, 9.17) is 0 Å². The Morgan fingerprint density at radius 1 is 1.20 bits per heavy atom. The van der Waals surface area contributed by atoms with Crippen LogP contribution in [0, 0.1) is 6.92 Å². The molecule has 0 saturated carbocycles. The van der Waals surface area contributed by atoms with Gasteiger partial charge in [-0.25, -0.2) is 13.6 Å². The summed E-state index contributed by atoms with van der Waals surface area (Å²) in [7, 11) is 0. The molecule has 1 heterocycles. The number of rotatable bonds is 1. The first-order valence-electron chi connectivity index (χ1n) is 6.28. The van der Waals surface area contributed by atoms with E-state index in [0.717, 1.165) is 16.3 Å². The second-order valence-corrected chi connectivity index (χ2v) is 4.93. The van der Waals surface area contributed by atoms with Gasteiger partial charge in [0.2, 0.25) is 0 Å². The van der Waals surface area contributed by atoms with E-state index < -0.39 is 24.7 Å². The van der Waals surface area contributed by atoms with Crippen molar-refractivity contribution in [3.05, 3.63) is 47.5 Å². The van der Waals surface area contributed by atoms with Crippen LogP contribution < -0.4 is 5.32 Å². The van der Waals surface area contributed by atoms with E-state index in [-0.39, 0.29) is 0 Å². The summed E-state index contributed by atoms with van der Waals surface area (Å²) >= 11 is 0. The number of alkyl carbamates (subject to hydrolysis) is 1. The van der Waals surface area contributed by atoms with Gasteiger partial charge in [0.1, 0.15) is 6.04 Å². The third kappa shape index (κ3) is 1.99. The smallest absolute Gasteiger partial charge is 0.408 e. The molecule has 2 aromatic carbocycles. The van der Waals surface area contributed by atoms with Crippen LogP contribution in [0.5, 0.6) is 0 Å². The van der Waals surface area contributed by atoms with E-state index >= 15 is 0 Å². The lowest BCUT2D eigenvalue weighted by Crippen LogP contribution is -2.49. The lowest BCUT2D eigenvalue weighted by atomic mass is 9.92. The molecule has 1 aliphatic heterocycles. The van der Waals surface area contributed by atoms with Crippen LogP contribution in [-0.2, 0) is 4.74 Å². The highest BCUT2D eigenvalue weighted by molar-refractivity contribution is 5.89. The van der Waals surface area contributed by atoms with Crippen LogP contribution in [0.15, 0.2) is 36.4 Å². The fourth-order valence-electron chi connectivity index (χ4n) is 2.54. The molecule has 2 aromatic rings. The summed E-state index contributed by atoms with van der Waals surface area (Å²) in [5.74, 6) is -3.13. The maximum atomic E-state index is 14.0. The van der Waals surface area contributed by atoms with Gasteiger partial charge in [-0.15, -0.1) is 0 Å². The molecule has 3 rings (SSSR count). The summed E-state index contributed by atoms with van der Waals surface area (Å²) in [5.41, 5.74) is 1.42. The first-order valence-corrected chi connectivity index (χ1v) is 6.28. The molecule has 1 aliphatic rings. The second-order valence-electron chi connectivity index (χ2n) is 4.93. The average Bonchev–Trinajstić information content (AvgIpc) is 2.43. The van der Waals surface area contributed by atoms with Crippen LogP contribution in [0.3, 0.4) is 0 Å². The number of fused-ring (bicyclic) bond motifs is 1. The third-order valence-electron chi connectivity index (χ3n) is 3.57. The van der Waals surface area contributed by atoms with Gasteiger partial charge in [0.05, 0.1) is 0 Å². The molecule has 3 nitrogen and oxygen atoms in total. The summed E-state index contributed by atoms with van der Waals surface area (Å²) < 4.78 is 32.4. The van der Waals surface area contributed by atoms with Gasteiger partial charge in [-0.05, 0) is 28.8 Å². The lowest BCUT2D eigenvalue weighted by Gasteiger charge is -2.32. The fraction of sp³-hybridized carbons (Fsp3) is 0.267. The number of alkyl halides is 2. The molecule has 0 aromatic heterocycles. The number of cyclic esters (lactones) is 1. The van der Waals surface area contributed by atoms with E-state index in [1.165, 1.54) is 0 Å². The monoisotopic (exact) mass is 277 g/mol. The van der Waals surface area contributed by atoms with Crippen molar-refractivity contribution in [1.82, 2.24) is 5.32 Å². The summed E-state index contributed by atoms with van der Waals surface area (Å²) in [5, 5.41) is 3.85. The van der Waals surface area contributed by atoms with E-state index in [0.29, 0.717) is 5.56 Å². The predicted octanol–water partition coefficient (Wildman–Crippen LogP) is 3.56. The molecule has 0 radical (unpaired) electrons. The van der Waals surface area contributed by atoms with Crippen LogP contribution in [0.4, 0.5) is 13.6 Å². The van der Waals surface area contributed by atoms with Gasteiger partial charge in [0.25, 0.3) is 0 Å². The minimum absolute atomic E-state index is 0.410. The Bertz CT molecular complexity index is 685. The minimum Gasteiger partial charge on any atom is -0.443 e. The van der Waals surface area contributed by atoms with Crippen molar-refractivity contribution in [2.45, 2.75) is 18.9 Å². The zero-order chi connectivity index (χ0) is 14.3. The second kappa shape index (κ2) is 4.44. The Kier molecular flexibility index (Phi) is 2.85. The van der Waals surface area contributed by atoms with E-state index in [1.807, 2.05) is 19.1 Å². The first kappa shape index (κ1) is 12.8. The molecule has 0 spiro atoms. The molecule has 0 aliphatic carbocycles. The molecule has 1 amide bonds. The molecule has 0 bridgehead atoms. The molecule has 104 valence electrons. The van der Waals surface area contributed by atoms with E-state index in [1.54, 1.807) is 24.3 Å². The van der Waals surface area contributed by atoms with Crippen molar-refractivity contribution in [3.63, 3.8) is 0 Å². The minimum atomic E-state index is -3.13. The van der Waals surface area contributed by atoms with Gasteiger partial charge in [-0.2, -0.15) is 0 Å². The van der Waals surface area contributed by atoms with Crippen molar-refractivity contribution in [2.24, 2.45) is 0 Å². The molecule has 20 heavy (non-hydrogen) atoms. The number of ether oxygens (including phenoxy) is 1. The van der Waals surface area contributed by atoms with Gasteiger partial charge in [-0.1, -0.05) is 36.4 Å². The lowest BCUT2D eigenvalue weighted by molar-refractivity contribution is -0.103. The number of nitrogens with one attached hydrogen (secondary N) is 1. The number of amides is 1. The van der Waals surface area contributed by atoms with Crippen molar-refractivity contribution in [2.75, 3.05) is 6.61 Å². The highest BCUT2D eigenvalue weighted by Gasteiger charge is 2.47. The van der Waals surface area contributed by atoms with Crippen molar-refractivity contribution in [3.8, 4) is 0 Å². The Morgan fingerprint density at radius 2 is 1.90 bits per heavy atom. The summed E-state index contributed by atoms with van der Waals surface area (Å²) in [4.78, 5) is 11.3. The van der Waals surface area contributed by atoms with Crippen LogP contribution in [0.1, 0.15) is 17.2 Å². The number of aryl methyl sites for hydroxylation is 1. The van der Waals surface area contributed by atoms with E-state index in [9.17, 15) is 13.6 Å². The first-order chi connectivity index (χ1) is 9.49. The molecule has 1 fully saturated rings. The quantitative estimate of drug-likeness (QED) is 0.865. The fourth-order valence-corrected chi connectivity index (χ4v) is 2.54. The molecular formula is C15H13F2NO2. The number of halogens is 2. The highest BCUT2D eigenvalue weighted by Crippen LogP contribution is 2.38. The van der Waals surface area contributed by atoms with E-state index in [2.05, 4.69) is 10.1 Å². The number of carbonyl (C=O) groups excluding carboxylic acids is 1. The van der Waals surface area contributed by atoms with Crippen LogP contribution >= 0.6 is 0 Å². The summed E-state index contributed by atoms with van der Waals surface area (Å²) in [6, 6.07) is 9.39. The maximum absolute atomic E-state index is 14.0. The Balaban J connectivity index is 2.18. The topological polar surface area (TPSA) is 38.3 Å². The molecular weight excluding hydrogens is 264 g/mol. The van der Waals surface area contributed by atoms with Gasteiger partial charge in [0, 0.05) is 0 Å². The van der Waals surface area contributed by atoms with Gasteiger partial charge < -0.3 is 10.1 Å². The zero-order valence-corrected chi connectivity index (χ0v) is 10.8. The van der Waals surface area contributed by atoms with Crippen LogP contribution in [0.25, 0.3) is 10.8 Å². The number of hydrogen-bond acceptors (Lipinski definition) is 2. The predicted molar refractivity (Wildman–Crippen MR) is 70.9 cm³/mol. The zero-order valence-electron chi connectivity index (χ0n) is 10.8. The molecule has 0 unspecified atom stereocenters. The molecule has 1 N–H and O–H groups in total. The summed E-state index contributed by atoms with van der Waals surface area (Å²) in [6.45, 7) is 1.03. The third-order valence-corrected chi connectivity index (χ3v) is 3.57. The standard InChI is InChI=1S/C15H13F2NO2/c1-9-6-7-12(11-5-3-2-4-10(9)11)13-15(16,17)8-20-14(19)18-13/h2-7,13H,8H2,1H3,(H,18,19)/t13-/m0/s1. The SMILES string of the molecule is Cc1ccc([C@@H]2NC(=O)OCC2(F)F)c2ccccc12. The Labute approximate surface area is 114 Å². The molecule has 1 atom stereocenters. The number of hydrogen-bond donors (Lipinski definition) is 1. The van der Waals surface area contributed by atoms with Gasteiger partial charge >= 0.3 is 12.0 Å².